The number of pyridine rings is 1. The second-order valence-corrected chi connectivity index (χ2v) is 4.61. The van der Waals surface area contributed by atoms with E-state index in [2.05, 4.69) is 21.2 Å². The first-order valence-electron chi connectivity index (χ1n) is 5.22. The number of carbonyl (C=O) groups excluding carboxylic acids is 1. The maximum absolute atomic E-state index is 11.8. The van der Waals surface area contributed by atoms with E-state index in [1.807, 2.05) is 0 Å². The van der Waals surface area contributed by atoms with E-state index >= 15 is 0 Å². The molecule has 1 aromatic rings. The van der Waals surface area contributed by atoms with Gasteiger partial charge in [-0.15, -0.1) is 0 Å². The van der Waals surface area contributed by atoms with Crippen molar-refractivity contribution in [2.75, 3.05) is 19.6 Å². The minimum absolute atomic E-state index is 0.192. The average Bonchev–Trinajstić information content (AvgIpc) is 2.77. The molecule has 7 heteroatoms. The SMILES string of the molecule is O=C(NCC1CNNC1)c1cc(Cl)nc(Cl)c1. The van der Waals surface area contributed by atoms with Crippen LogP contribution in [0.2, 0.25) is 10.3 Å². The Bertz CT molecular complexity index is 401. The van der Waals surface area contributed by atoms with Gasteiger partial charge in [-0.1, -0.05) is 23.2 Å². The zero-order valence-electron chi connectivity index (χ0n) is 8.96. The zero-order valence-corrected chi connectivity index (χ0v) is 10.5. The lowest BCUT2D eigenvalue weighted by Crippen LogP contribution is -2.31. The molecule has 0 saturated carbocycles. The minimum atomic E-state index is -0.192. The molecule has 0 radical (unpaired) electrons. The highest BCUT2D eigenvalue weighted by Gasteiger charge is 2.16. The highest BCUT2D eigenvalue weighted by atomic mass is 35.5. The average molecular weight is 275 g/mol. The molecule has 0 unspecified atom stereocenters. The molecule has 1 aliphatic rings. The van der Waals surface area contributed by atoms with Crippen LogP contribution in [0.25, 0.3) is 0 Å². The van der Waals surface area contributed by atoms with E-state index in [9.17, 15) is 4.79 Å². The quantitative estimate of drug-likeness (QED) is 0.715. The highest BCUT2D eigenvalue weighted by molar-refractivity contribution is 6.33. The summed E-state index contributed by atoms with van der Waals surface area (Å²) >= 11 is 11.5. The van der Waals surface area contributed by atoms with E-state index in [1.54, 1.807) is 0 Å². The molecule has 1 fully saturated rings. The Labute approximate surface area is 109 Å². The van der Waals surface area contributed by atoms with Gasteiger partial charge >= 0.3 is 0 Å². The predicted molar refractivity (Wildman–Crippen MR) is 66.1 cm³/mol. The van der Waals surface area contributed by atoms with Gasteiger partial charge in [-0.3, -0.25) is 15.6 Å². The second-order valence-electron chi connectivity index (χ2n) is 3.84. The number of aromatic nitrogens is 1. The molecule has 1 amide bonds. The van der Waals surface area contributed by atoms with Gasteiger partial charge in [-0.25, -0.2) is 4.98 Å². The fourth-order valence-electron chi connectivity index (χ4n) is 1.58. The summed E-state index contributed by atoms with van der Waals surface area (Å²) < 4.78 is 0. The maximum Gasteiger partial charge on any atom is 0.251 e. The Morgan fingerprint density at radius 3 is 2.53 bits per heavy atom. The van der Waals surface area contributed by atoms with Gasteiger partial charge in [-0.2, -0.15) is 0 Å². The molecule has 1 aliphatic heterocycles. The highest BCUT2D eigenvalue weighted by Crippen LogP contribution is 2.14. The van der Waals surface area contributed by atoms with Crippen LogP contribution < -0.4 is 16.2 Å². The van der Waals surface area contributed by atoms with Crippen LogP contribution in [-0.4, -0.2) is 30.5 Å². The van der Waals surface area contributed by atoms with E-state index in [0.717, 1.165) is 13.1 Å². The lowest BCUT2D eigenvalue weighted by Gasteiger charge is -2.09. The standard InChI is InChI=1S/C10H12Cl2N4O/c11-8-1-7(2-9(12)16-8)10(17)13-3-6-4-14-15-5-6/h1-2,6,14-15H,3-5H2,(H,13,17). The lowest BCUT2D eigenvalue weighted by molar-refractivity contribution is 0.0948. The van der Waals surface area contributed by atoms with Crippen LogP contribution >= 0.6 is 23.2 Å². The molecule has 2 rings (SSSR count). The summed E-state index contributed by atoms with van der Waals surface area (Å²) in [5.41, 5.74) is 6.43. The van der Waals surface area contributed by atoms with Gasteiger partial charge in [0.25, 0.3) is 5.91 Å². The van der Waals surface area contributed by atoms with Crippen LogP contribution in [0.1, 0.15) is 10.4 Å². The number of carbonyl (C=O) groups is 1. The van der Waals surface area contributed by atoms with Crippen LogP contribution in [0, 0.1) is 5.92 Å². The van der Waals surface area contributed by atoms with Crippen LogP contribution in [0.3, 0.4) is 0 Å². The van der Waals surface area contributed by atoms with Crippen molar-refractivity contribution in [2.24, 2.45) is 5.92 Å². The Morgan fingerprint density at radius 1 is 1.35 bits per heavy atom. The first kappa shape index (κ1) is 12.6. The molecule has 0 spiro atoms. The fraction of sp³-hybridized carbons (Fsp3) is 0.400. The summed E-state index contributed by atoms with van der Waals surface area (Å²) in [6.07, 6.45) is 0. The molecule has 1 saturated heterocycles. The summed E-state index contributed by atoms with van der Waals surface area (Å²) in [6.45, 7) is 2.30. The first-order chi connectivity index (χ1) is 8.15. The molecule has 2 heterocycles. The monoisotopic (exact) mass is 274 g/mol. The summed E-state index contributed by atoms with van der Waals surface area (Å²) in [4.78, 5) is 15.6. The number of amides is 1. The summed E-state index contributed by atoms with van der Waals surface area (Å²) in [7, 11) is 0. The fourth-order valence-corrected chi connectivity index (χ4v) is 2.05. The Hall–Kier alpha value is -0.880. The number of hydrogen-bond donors (Lipinski definition) is 3. The molecule has 0 aliphatic carbocycles. The normalized spacial score (nSPS) is 16.1. The summed E-state index contributed by atoms with van der Waals surface area (Å²) in [5.74, 6) is 0.204. The molecule has 1 aromatic heterocycles. The zero-order chi connectivity index (χ0) is 12.3. The second kappa shape index (κ2) is 5.64. The topological polar surface area (TPSA) is 66.1 Å². The van der Waals surface area contributed by atoms with E-state index in [0.29, 0.717) is 18.0 Å². The van der Waals surface area contributed by atoms with Gasteiger partial charge in [-0.05, 0) is 12.1 Å². The summed E-state index contributed by atoms with van der Waals surface area (Å²) in [6, 6.07) is 2.99. The van der Waals surface area contributed by atoms with Crippen molar-refractivity contribution in [2.45, 2.75) is 0 Å². The number of nitrogens with zero attached hydrogens (tertiary/aromatic N) is 1. The van der Waals surface area contributed by atoms with E-state index in [-0.39, 0.29) is 16.2 Å². The molecule has 92 valence electrons. The van der Waals surface area contributed by atoms with Crippen molar-refractivity contribution in [1.82, 2.24) is 21.2 Å². The maximum atomic E-state index is 11.8. The van der Waals surface area contributed by atoms with Crippen molar-refractivity contribution >= 4 is 29.1 Å². The Balaban J connectivity index is 1.94. The van der Waals surface area contributed by atoms with Crippen LogP contribution in [0.4, 0.5) is 0 Å². The van der Waals surface area contributed by atoms with Crippen LogP contribution in [0.15, 0.2) is 12.1 Å². The third-order valence-electron chi connectivity index (χ3n) is 2.48. The van der Waals surface area contributed by atoms with Crippen molar-refractivity contribution in [3.63, 3.8) is 0 Å². The van der Waals surface area contributed by atoms with Crippen molar-refractivity contribution in [1.29, 1.82) is 0 Å². The molecule has 0 atom stereocenters. The van der Waals surface area contributed by atoms with Crippen molar-refractivity contribution in [3.05, 3.63) is 28.0 Å². The number of halogens is 2. The van der Waals surface area contributed by atoms with Gasteiger partial charge < -0.3 is 5.32 Å². The van der Waals surface area contributed by atoms with Crippen molar-refractivity contribution < 1.29 is 4.79 Å². The number of hydrazine groups is 1. The van der Waals surface area contributed by atoms with Crippen molar-refractivity contribution in [3.8, 4) is 0 Å². The lowest BCUT2D eigenvalue weighted by atomic mass is 10.1. The molecular weight excluding hydrogens is 263 g/mol. The first-order valence-corrected chi connectivity index (χ1v) is 5.98. The van der Waals surface area contributed by atoms with Crippen LogP contribution in [-0.2, 0) is 0 Å². The Morgan fingerprint density at radius 2 is 1.94 bits per heavy atom. The van der Waals surface area contributed by atoms with Gasteiger partial charge in [0.05, 0.1) is 0 Å². The van der Waals surface area contributed by atoms with E-state index < -0.39 is 0 Å². The Kier molecular flexibility index (Phi) is 4.17. The molecule has 0 bridgehead atoms. The van der Waals surface area contributed by atoms with Gasteiger partial charge in [0.1, 0.15) is 10.3 Å². The number of rotatable bonds is 3. The molecule has 17 heavy (non-hydrogen) atoms. The van der Waals surface area contributed by atoms with Gasteiger partial charge in [0, 0.05) is 31.1 Å². The van der Waals surface area contributed by atoms with Gasteiger partial charge in [0.2, 0.25) is 0 Å². The third kappa shape index (κ3) is 3.54. The molecule has 3 N–H and O–H groups in total. The predicted octanol–water partition coefficient (Wildman–Crippen LogP) is 0.842. The third-order valence-corrected chi connectivity index (χ3v) is 2.87. The van der Waals surface area contributed by atoms with E-state index in [1.165, 1.54) is 12.1 Å². The minimum Gasteiger partial charge on any atom is -0.352 e. The smallest absolute Gasteiger partial charge is 0.251 e. The molecule has 5 nitrogen and oxygen atoms in total. The number of hydrogen-bond acceptors (Lipinski definition) is 4. The largest absolute Gasteiger partial charge is 0.352 e. The van der Waals surface area contributed by atoms with Crippen LogP contribution in [0.5, 0.6) is 0 Å². The number of nitrogens with one attached hydrogen (secondary N) is 3. The van der Waals surface area contributed by atoms with E-state index in [4.69, 9.17) is 23.2 Å². The molecular formula is C10H12Cl2N4O. The molecule has 0 aromatic carbocycles. The summed E-state index contributed by atoms with van der Waals surface area (Å²) in [5, 5.41) is 3.26. The van der Waals surface area contributed by atoms with Gasteiger partial charge in [0.15, 0.2) is 0 Å².